The Kier molecular flexibility index (Phi) is 5.75. The maximum atomic E-state index is 12.7. The van der Waals surface area contributed by atoms with Gasteiger partial charge in [0.05, 0.1) is 11.4 Å². The molecule has 1 N–H and O–H groups in total. The van der Waals surface area contributed by atoms with Crippen LogP contribution in [0.15, 0.2) is 66.1 Å². The molecule has 6 heteroatoms. The van der Waals surface area contributed by atoms with Gasteiger partial charge in [-0.3, -0.25) is 9.69 Å². The van der Waals surface area contributed by atoms with Crippen LogP contribution in [0.2, 0.25) is 0 Å². The topological polar surface area (TPSA) is 49.8 Å². The molecule has 0 radical (unpaired) electrons. The Balaban J connectivity index is 1.72. The fourth-order valence-electron chi connectivity index (χ4n) is 2.39. The van der Waals surface area contributed by atoms with Crippen LogP contribution < -0.4 is 4.74 Å². The number of thioether (sulfide) groups is 1. The first kappa shape index (κ1) is 18.2. The zero-order valence-electron chi connectivity index (χ0n) is 13.9. The molecule has 2 aromatic rings. The number of hydrogen-bond donors (Lipinski definition) is 1. The highest BCUT2D eigenvalue weighted by atomic mass is 32.2. The smallest absolute Gasteiger partial charge is 0.266 e. The van der Waals surface area contributed by atoms with Crippen LogP contribution in [0, 0.1) is 0 Å². The summed E-state index contributed by atoms with van der Waals surface area (Å²) in [6.45, 7) is 4.45. The summed E-state index contributed by atoms with van der Waals surface area (Å²) >= 11 is 6.64. The molecule has 0 saturated carbocycles. The lowest BCUT2D eigenvalue weighted by molar-refractivity contribution is -0.122. The molecule has 0 atom stereocenters. The van der Waals surface area contributed by atoms with E-state index < -0.39 is 0 Å². The summed E-state index contributed by atoms with van der Waals surface area (Å²) in [7, 11) is 0. The number of ether oxygens (including phenoxy) is 1. The van der Waals surface area contributed by atoms with Crippen LogP contribution in [-0.4, -0.2) is 26.8 Å². The Labute approximate surface area is 161 Å². The lowest BCUT2D eigenvalue weighted by Gasteiger charge is -2.14. The third kappa shape index (κ3) is 4.33. The average Bonchev–Trinajstić information content (AvgIpc) is 2.90. The van der Waals surface area contributed by atoms with Crippen molar-refractivity contribution in [3.05, 3.63) is 77.2 Å². The van der Waals surface area contributed by atoms with Gasteiger partial charge in [0.15, 0.2) is 0 Å². The number of phenols is 1. The van der Waals surface area contributed by atoms with Crippen molar-refractivity contribution in [1.82, 2.24) is 4.90 Å². The second kappa shape index (κ2) is 8.21. The highest BCUT2D eigenvalue weighted by molar-refractivity contribution is 8.26. The molecule has 0 aromatic heterocycles. The molecule has 4 nitrogen and oxygen atoms in total. The van der Waals surface area contributed by atoms with Gasteiger partial charge in [0.25, 0.3) is 5.91 Å². The van der Waals surface area contributed by atoms with Gasteiger partial charge in [0.1, 0.15) is 22.4 Å². The Morgan fingerprint density at radius 2 is 1.85 bits per heavy atom. The number of thiocarbonyl (C=S) groups is 1. The summed E-state index contributed by atoms with van der Waals surface area (Å²) in [5.41, 5.74) is 1.81. The minimum Gasteiger partial charge on any atom is -0.508 e. The molecule has 26 heavy (non-hydrogen) atoms. The van der Waals surface area contributed by atoms with Crippen molar-refractivity contribution in [2.75, 3.05) is 6.61 Å². The molecule has 2 aromatic carbocycles. The van der Waals surface area contributed by atoms with Gasteiger partial charge in [-0.05, 0) is 41.5 Å². The minimum atomic E-state index is -0.111. The van der Waals surface area contributed by atoms with Crippen molar-refractivity contribution >= 4 is 40.3 Å². The van der Waals surface area contributed by atoms with E-state index in [1.165, 1.54) is 11.8 Å². The van der Waals surface area contributed by atoms with E-state index in [2.05, 4.69) is 6.58 Å². The fraction of sp³-hybridized carbons (Fsp3) is 0.100. The van der Waals surface area contributed by atoms with Crippen LogP contribution >= 0.6 is 24.0 Å². The minimum absolute atomic E-state index is 0.111. The van der Waals surface area contributed by atoms with Crippen molar-refractivity contribution in [1.29, 1.82) is 0 Å². The van der Waals surface area contributed by atoms with Gasteiger partial charge >= 0.3 is 0 Å². The maximum Gasteiger partial charge on any atom is 0.266 e. The van der Waals surface area contributed by atoms with Crippen LogP contribution in [-0.2, 0) is 11.3 Å². The van der Waals surface area contributed by atoms with Gasteiger partial charge < -0.3 is 9.84 Å². The lowest BCUT2D eigenvalue weighted by Crippen LogP contribution is -2.27. The van der Waals surface area contributed by atoms with E-state index in [0.29, 0.717) is 22.4 Å². The fourth-order valence-corrected chi connectivity index (χ4v) is 3.64. The largest absolute Gasteiger partial charge is 0.508 e. The molecule has 0 spiro atoms. The number of nitrogens with zero attached hydrogens (tertiary/aromatic N) is 1. The Morgan fingerprint density at radius 3 is 2.50 bits per heavy atom. The summed E-state index contributed by atoms with van der Waals surface area (Å²) in [5.74, 6) is 0.835. The zero-order chi connectivity index (χ0) is 18.5. The molecule has 1 aliphatic rings. The Bertz CT molecular complexity index is 858. The van der Waals surface area contributed by atoms with Crippen molar-refractivity contribution in [2.45, 2.75) is 6.54 Å². The van der Waals surface area contributed by atoms with Crippen molar-refractivity contribution in [2.24, 2.45) is 0 Å². The lowest BCUT2D eigenvalue weighted by atomic mass is 10.2. The van der Waals surface area contributed by atoms with Crippen molar-refractivity contribution in [3.8, 4) is 11.5 Å². The van der Waals surface area contributed by atoms with Gasteiger partial charge in [-0.25, -0.2) is 0 Å². The number of hydrogen-bond acceptors (Lipinski definition) is 5. The first-order valence-corrected chi connectivity index (χ1v) is 9.16. The van der Waals surface area contributed by atoms with E-state index in [1.807, 2.05) is 30.3 Å². The first-order chi connectivity index (χ1) is 12.6. The number of rotatable bonds is 6. The van der Waals surface area contributed by atoms with Gasteiger partial charge in [-0.2, -0.15) is 0 Å². The number of benzene rings is 2. The second-order valence-electron chi connectivity index (χ2n) is 5.60. The highest BCUT2D eigenvalue weighted by Crippen LogP contribution is 2.34. The van der Waals surface area contributed by atoms with Gasteiger partial charge in [0, 0.05) is 0 Å². The number of amides is 1. The predicted octanol–water partition coefficient (Wildman–Crippen LogP) is 4.36. The average molecular weight is 383 g/mol. The monoisotopic (exact) mass is 383 g/mol. The molecule has 1 heterocycles. The van der Waals surface area contributed by atoms with Gasteiger partial charge in [0.2, 0.25) is 0 Å². The van der Waals surface area contributed by atoms with E-state index in [0.717, 1.165) is 16.9 Å². The summed E-state index contributed by atoms with van der Waals surface area (Å²) in [4.78, 5) is 14.8. The Hall–Kier alpha value is -2.57. The third-order valence-corrected chi connectivity index (χ3v) is 5.07. The van der Waals surface area contributed by atoms with E-state index in [4.69, 9.17) is 17.0 Å². The van der Waals surface area contributed by atoms with E-state index >= 15 is 0 Å². The van der Waals surface area contributed by atoms with Gasteiger partial charge in [-0.15, -0.1) is 0 Å². The summed E-state index contributed by atoms with van der Waals surface area (Å²) < 4.78 is 5.98. The summed E-state index contributed by atoms with van der Waals surface area (Å²) in [6.07, 6.45) is 3.51. The highest BCUT2D eigenvalue weighted by Gasteiger charge is 2.31. The van der Waals surface area contributed by atoms with E-state index in [1.54, 1.807) is 35.2 Å². The molecule has 1 fully saturated rings. The van der Waals surface area contributed by atoms with Crippen LogP contribution in [0.3, 0.4) is 0 Å². The van der Waals surface area contributed by atoms with Crippen molar-refractivity contribution < 1.29 is 14.6 Å². The summed E-state index contributed by atoms with van der Waals surface area (Å²) in [6, 6.07) is 14.2. The molecule has 0 aliphatic carbocycles. The molecule has 1 amide bonds. The number of aromatic hydroxyl groups is 1. The normalized spacial score (nSPS) is 15.5. The molecular weight excluding hydrogens is 366 g/mol. The standard InChI is InChI=1S/C20H17NO3S2/c1-2-11-24-17-9-5-14(6-10-17)12-18-19(23)21(20(25)26-18)13-15-3-7-16(22)8-4-15/h2-10,12,22H,1,11,13H2. The molecular formula is C20H17NO3S2. The summed E-state index contributed by atoms with van der Waals surface area (Å²) in [5, 5.41) is 9.36. The van der Waals surface area contributed by atoms with E-state index in [-0.39, 0.29) is 11.7 Å². The second-order valence-corrected chi connectivity index (χ2v) is 7.28. The van der Waals surface area contributed by atoms with Crippen LogP contribution in [0.25, 0.3) is 6.08 Å². The van der Waals surface area contributed by atoms with Crippen LogP contribution in [0.4, 0.5) is 0 Å². The third-order valence-electron chi connectivity index (χ3n) is 3.70. The van der Waals surface area contributed by atoms with Crippen molar-refractivity contribution in [3.63, 3.8) is 0 Å². The SMILES string of the molecule is C=CCOc1ccc(C=C2SC(=S)N(Cc3ccc(O)cc3)C2=O)cc1. The molecule has 1 aliphatic heterocycles. The first-order valence-electron chi connectivity index (χ1n) is 7.94. The molecule has 0 unspecified atom stereocenters. The molecule has 3 rings (SSSR count). The van der Waals surface area contributed by atoms with Crippen LogP contribution in [0.1, 0.15) is 11.1 Å². The van der Waals surface area contributed by atoms with Gasteiger partial charge in [-0.1, -0.05) is 60.9 Å². The number of carbonyl (C=O) groups is 1. The predicted molar refractivity (Wildman–Crippen MR) is 109 cm³/mol. The molecule has 132 valence electrons. The molecule has 1 saturated heterocycles. The number of carbonyl (C=O) groups excluding carboxylic acids is 1. The maximum absolute atomic E-state index is 12.7. The molecule has 0 bridgehead atoms. The van der Waals surface area contributed by atoms with Crippen LogP contribution in [0.5, 0.6) is 11.5 Å². The zero-order valence-corrected chi connectivity index (χ0v) is 15.6. The Morgan fingerprint density at radius 1 is 1.15 bits per heavy atom. The van der Waals surface area contributed by atoms with E-state index in [9.17, 15) is 9.90 Å². The quantitative estimate of drug-likeness (QED) is 0.456. The number of phenolic OH excluding ortho intramolecular Hbond substituents is 1.